The molecule has 2 heterocycles. The maximum absolute atomic E-state index is 13.9. The van der Waals surface area contributed by atoms with Gasteiger partial charge in [-0.25, -0.2) is 18.6 Å². The highest BCUT2D eigenvalue weighted by Crippen LogP contribution is 2.42. The van der Waals surface area contributed by atoms with Gasteiger partial charge in [0, 0.05) is 13.1 Å². The fourth-order valence-electron chi connectivity index (χ4n) is 3.43. The molecule has 1 aromatic heterocycles. The van der Waals surface area contributed by atoms with Crippen molar-refractivity contribution in [3.63, 3.8) is 0 Å². The van der Waals surface area contributed by atoms with Gasteiger partial charge in [0.2, 0.25) is 5.84 Å². The molecule has 3 rings (SSSR count). The van der Waals surface area contributed by atoms with Gasteiger partial charge >= 0.3 is 17.7 Å². The van der Waals surface area contributed by atoms with Crippen LogP contribution in [-0.2, 0) is 26.6 Å². The number of urea groups is 1. The predicted molar refractivity (Wildman–Crippen MR) is 133 cm³/mol. The molecule has 10 nitrogen and oxygen atoms in total. The third-order valence-corrected chi connectivity index (χ3v) is 7.00. The number of halogens is 8. The molecule has 1 aliphatic heterocycles. The minimum Gasteiger partial charge on any atom is -0.483 e. The average molecular weight is 637 g/mol. The van der Waals surface area contributed by atoms with Crippen LogP contribution >= 0.6 is 23.2 Å². The molecule has 0 bridgehead atoms. The van der Waals surface area contributed by atoms with Crippen LogP contribution in [-0.4, -0.2) is 74.0 Å². The molecule has 0 saturated heterocycles. The highest BCUT2D eigenvalue weighted by atomic mass is 35.5. The Morgan fingerprint density at radius 1 is 1.18 bits per heavy atom. The standard InChI is InChI=1S/C21H20Cl2F6N6O4S/c1-4-33(5-2)19(36)34-10-39-32-17(34)14-16(40(37)21(27,28)29)18(30-9-38-6-3)35(31-14)15-12(22)7-11(8-13(15)23)20(24,25)26/h7-9H,4-6,10H2,1-3H3. The number of amides is 2. The molecule has 0 saturated carbocycles. The number of hydrogen-bond acceptors (Lipinski definition) is 7. The van der Waals surface area contributed by atoms with Gasteiger partial charge in [-0.05, 0) is 32.9 Å². The van der Waals surface area contributed by atoms with Crippen LogP contribution in [0.5, 0.6) is 0 Å². The van der Waals surface area contributed by atoms with Crippen molar-refractivity contribution in [2.45, 2.75) is 37.4 Å². The molecule has 0 fully saturated rings. The minimum absolute atomic E-state index is 0.0245. The molecule has 220 valence electrons. The maximum atomic E-state index is 13.9. The van der Waals surface area contributed by atoms with Gasteiger partial charge in [0.1, 0.15) is 10.6 Å². The summed E-state index contributed by atoms with van der Waals surface area (Å²) in [6.07, 6.45) is -4.15. The zero-order chi connectivity index (χ0) is 30.0. The molecule has 0 spiro atoms. The molecule has 19 heteroatoms. The summed E-state index contributed by atoms with van der Waals surface area (Å²) in [7, 11) is -3.86. The fourth-order valence-corrected chi connectivity index (χ4v) is 4.92. The zero-order valence-corrected chi connectivity index (χ0v) is 23.1. The summed E-state index contributed by atoms with van der Waals surface area (Å²) in [5, 5.41) is 6.31. The normalized spacial score (nSPS) is 14.9. The van der Waals surface area contributed by atoms with E-state index in [2.05, 4.69) is 15.2 Å². The maximum Gasteiger partial charge on any atom is 0.476 e. The molecule has 40 heavy (non-hydrogen) atoms. The first-order chi connectivity index (χ1) is 18.7. The Morgan fingerprint density at radius 2 is 1.77 bits per heavy atom. The number of aliphatic imine (C=N–C) groups is 1. The number of hydrogen-bond donors (Lipinski definition) is 0. The van der Waals surface area contributed by atoms with Crippen LogP contribution in [0.4, 0.5) is 37.0 Å². The molecule has 1 atom stereocenters. The lowest BCUT2D eigenvalue weighted by Crippen LogP contribution is -2.45. The highest BCUT2D eigenvalue weighted by molar-refractivity contribution is 7.86. The first-order valence-corrected chi connectivity index (χ1v) is 13.2. The van der Waals surface area contributed by atoms with Crippen LogP contribution in [0.3, 0.4) is 0 Å². The second-order valence-corrected chi connectivity index (χ2v) is 9.88. The number of nitrogens with zero attached hydrogens (tertiary/aromatic N) is 6. The van der Waals surface area contributed by atoms with Gasteiger partial charge in [-0.15, -0.1) is 0 Å². The van der Waals surface area contributed by atoms with Crippen LogP contribution in [0.2, 0.25) is 10.0 Å². The lowest BCUT2D eigenvalue weighted by molar-refractivity contribution is -0.137. The van der Waals surface area contributed by atoms with Crippen molar-refractivity contribution in [1.82, 2.24) is 19.6 Å². The van der Waals surface area contributed by atoms with Crippen LogP contribution in [0.15, 0.2) is 27.2 Å². The summed E-state index contributed by atoms with van der Waals surface area (Å²) in [5.74, 6) is -1.37. The van der Waals surface area contributed by atoms with Gasteiger partial charge in [0.15, 0.2) is 35.4 Å². The van der Waals surface area contributed by atoms with E-state index in [0.29, 0.717) is 23.2 Å². The zero-order valence-electron chi connectivity index (χ0n) is 20.8. The quantitative estimate of drug-likeness (QED) is 0.203. The van der Waals surface area contributed by atoms with Crippen molar-refractivity contribution < 1.29 is 44.9 Å². The number of benzene rings is 1. The van der Waals surface area contributed by atoms with E-state index < -0.39 is 78.8 Å². The van der Waals surface area contributed by atoms with E-state index in [-0.39, 0.29) is 19.7 Å². The number of carbonyl (C=O) groups excluding carboxylic acids is 1. The molecule has 2 amide bonds. The largest absolute Gasteiger partial charge is 0.483 e. The van der Waals surface area contributed by atoms with E-state index in [0.717, 1.165) is 4.90 Å². The van der Waals surface area contributed by atoms with Crippen LogP contribution < -0.4 is 0 Å². The number of amidine groups is 1. The molecular formula is C21H20Cl2F6N6O4S. The molecular weight excluding hydrogens is 617 g/mol. The lowest BCUT2D eigenvalue weighted by atomic mass is 10.2. The topological polar surface area (TPSA) is 102 Å². The van der Waals surface area contributed by atoms with Crippen molar-refractivity contribution in [1.29, 1.82) is 0 Å². The van der Waals surface area contributed by atoms with E-state index in [4.69, 9.17) is 32.8 Å². The second kappa shape index (κ2) is 12.2. The van der Waals surface area contributed by atoms with Gasteiger partial charge in [-0.3, -0.25) is 0 Å². The Balaban J connectivity index is 2.38. The van der Waals surface area contributed by atoms with E-state index in [1.165, 1.54) is 11.8 Å². The average Bonchev–Trinajstić information content (AvgIpc) is 3.48. The van der Waals surface area contributed by atoms with Crippen LogP contribution in [0, 0.1) is 0 Å². The number of carbonyl (C=O) groups is 1. The number of oxime groups is 1. The Labute approximate surface area is 235 Å². The van der Waals surface area contributed by atoms with Gasteiger partial charge < -0.3 is 14.5 Å². The Morgan fingerprint density at radius 3 is 2.27 bits per heavy atom. The van der Waals surface area contributed by atoms with Crippen molar-refractivity contribution in [2.75, 3.05) is 26.4 Å². The molecule has 0 N–H and O–H groups in total. The number of rotatable bonds is 8. The molecule has 1 aliphatic rings. The second-order valence-electron chi connectivity index (χ2n) is 7.66. The summed E-state index contributed by atoms with van der Waals surface area (Å²) in [6, 6.07) is 0.240. The van der Waals surface area contributed by atoms with Gasteiger partial charge in [0.25, 0.3) is 0 Å². The van der Waals surface area contributed by atoms with E-state index in [9.17, 15) is 35.3 Å². The van der Waals surface area contributed by atoms with Crippen molar-refractivity contribution >= 4 is 58.1 Å². The van der Waals surface area contributed by atoms with E-state index in [1.54, 1.807) is 13.8 Å². The third kappa shape index (κ3) is 6.30. The predicted octanol–water partition coefficient (Wildman–Crippen LogP) is 5.93. The van der Waals surface area contributed by atoms with Gasteiger partial charge in [-0.2, -0.15) is 36.4 Å². The Kier molecular flexibility index (Phi) is 9.62. The lowest BCUT2D eigenvalue weighted by Gasteiger charge is -2.24. The number of alkyl halides is 6. The monoisotopic (exact) mass is 636 g/mol. The van der Waals surface area contributed by atoms with Gasteiger partial charge in [0.05, 0.1) is 22.2 Å². The summed E-state index contributed by atoms with van der Waals surface area (Å²) in [4.78, 5) is 22.9. The highest BCUT2D eigenvalue weighted by Gasteiger charge is 2.46. The minimum atomic E-state index is -5.38. The van der Waals surface area contributed by atoms with E-state index >= 15 is 0 Å². The van der Waals surface area contributed by atoms with Crippen LogP contribution in [0.1, 0.15) is 32.0 Å². The number of ether oxygens (including phenoxy) is 1. The first-order valence-electron chi connectivity index (χ1n) is 11.3. The van der Waals surface area contributed by atoms with Crippen molar-refractivity contribution in [3.05, 3.63) is 33.4 Å². The summed E-state index contributed by atoms with van der Waals surface area (Å²) < 4.78 is 99.8. The Hall–Kier alpha value is -3.05. The molecule has 1 unspecified atom stereocenters. The summed E-state index contributed by atoms with van der Waals surface area (Å²) >= 11 is 12.2. The van der Waals surface area contributed by atoms with Gasteiger partial charge in [-0.1, -0.05) is 28.4 Å². The van der Waals surface area contributed by atoms with Crippen LogP contribution in [0.25, 0.3) is 5.69 Å². The van der Waals surface area contributed by atoms with Crippen molar-refractivity contribution in [3.8, 4) is 5.69 Å². The molecule has 0 radical (unpaired) electrons. The molecule has 1 aromatic carbocycles. The third-order valence-electron chi connectivity index (χ3n) is 5.26. The first kappa shape index (κ1) is 31.5. The Bertz CT molecular complexity index is 1340. The SMILES string of the molecule is CCOC=Nc1c(S(=O)C(F)(F)F)c(C2=NOCN2C(=O)N(CC)CC)nn1-c1c(Cl)cc(C(F)(F)F)cc1Cl. The summed E-state index contributed by atoms with van der Waals surface area (Å²) in [6.45, 7) is 4.79. The smallest absolute Gasteiger partial charge is 0.476 e. The summed E-state index contributed by atoms with van der Waals surface area (Å²) in [5.41, 5.74) is -7.92. The molecule has 2 aromatic rings. The molecule has 0 aliphatic carbocycles. The fraction of sp³-hybridized carbons (Fsp3) is 0.429. The van der Waals surface area contributed by atoms with E-state index in [1.807, 2.05) is 0 Å². The van der Waals surface area contributed by atoms with Crippen molar-refractivity contribution in [2.24, 2.45) is 10.1 Å². The number of aromatic nitrogens is 2.